The molecule has 1 aromatic carbocycles. The molecule has 0 bridgehead atoms. The lowest BCUT2D eigenvalue weighted by molar-refractivity contribution is -0.125. The van der Waals surface area contributed by atoms with Crippen molar-refractivity contribution in [3.8, 4) is 0 Å². The molecule has 2 heterocycles. The van der Waals surface area contributed by atoms with Crippen LogP contribution in [0.5, 0.6) is 0 Å². The molecule has 0 radical (unpaired) electrons. The largest absolute Gasteiger partial charge is 0.459 e. The Kier molecular flexibility index (Phi) is 4.71. The first kappa shape index (κ1) is 15.7. The molecule has 1 aliphatic rings. The highest BCUT2D eigenvalue weighted by Gasteiger charge is 2.36. The first-order valence-corrected chi connectivity index (χ1v) is 8.60. The Bertz CT molecular complexity index is 672. The van der Waals surface area contributed by atoms with Gasteiger partial charge >= 0.3 is 0 Å². The van der Waals surface area contributed by atoms with Crippen molar-refractivity contribution in [2.45, 2.75) is 19.0 Å². The smallest absolute Gasteiger partial charge is 0.290 e. The summed E-state index contributed by atoms with van der Waals surface area (Å²) in [7, 11) is 0. The first-order chi connectivity index (χ1) is 11.2. The molecule has 0 spiro atoms. The zero-order chi connectivity index (χ0) is 16.2. The van der Waals surface area contributed by atoms with Crippen LogP contribution in [0.15, 0.2) is 53.1 Å². The van der Waals surface area contributed by atoms with E-state index in [0.717, 1.165) is 5.56 Å². The SMILES string of the molecule is CC(NC(=O)C1CSCN1C(=O)c1ccco1)c1ccccc1. The highest BCUT2D eigenvalue weighted by Crippen LogP contribution is 2.24. The highest BCUT2D eigenvalue weighted by molar-refractivity contribution is 7.99. The number of furan rings is 1. The van der Waals surface area contributed by atoms with Gasteiger partial charge in [-0.05, 0) is 24.6 Å². The maximum Gasteiger partial charge on any atom is 0.290 e. The van der Waals surface area contributed by atoms with Crippen molar-refractivity contribution in [2.24, 2.45) is 0 Å². The Labute approximate surface area is 139 Å². The predicted octanol–water partition coefficient (Wildman–Crippen LogP) is 2.67. The number of hydrogen-bond acceptors (Lipinski definition) is 4. The van der Waals surface area contributed by atoms with Crippen molar-refractivity contribution in [3.63, 3.8) is 0 Å². The molecule has 0 saturated carbocycles. The Balaban J connectivity index is 1.67. The van der Waals surface area contributed by atoms with Crippen molar-refractivity contribution in [1.29, 1.82) is 0 Å². The summed E-state index contributed by atoms with van der Waals surface area (Å²) >= 11 is 1.57. The average Bonchev–Trinajstić information content (AvgIpc) is 3.26. The first-order valence-electron chi connectivity index (χ1n) is 7.44. The third-order valence-corrected chi connectivity index (χ3v) is 4.85. The van der Waals surface area contributed by atoms with Crippen LogP contribution in [0.1, 0.15) is 29.1 Å². The summed E-state index contributed by atoms with van der Waals surface area (Å²) in [5.41, 5.74) is 1.04. The van der Waals surface area contributed by atoms with Crippen LogP contribution >= 0.6 is 11.8 Å². The van der Waals surface area contributed by atoms with Crippen LogP contribution in [0.3, 0.4) is 0 Å². The molecule has 5 nitrogen and oxygen atoms in total. The molecule has 2 aromatic rings. The number of carbonyl (C=O) groups excluding carboxylic acids is 2. The summed E-state index contributed by atoms with van der Waals surface area (Å²) in [5.74, 6) is 0.983. The average molecular weight is 330 g/mol. The third-order valence-electron chi connectivity index (χ3n) is 3.84. The minimum Gasteiger partial charge on any atom is -0.459 e. The standard InChI is InChI=1S/C17H18N2O3S/c1-12(13-6-3-2-4-7-13)18-16(20)14-10-23-11-19(14)17(21)15-8-5-9-22-15/h2-9,12,14H,10-11H2,1H3,(H,18,20). The molecule has 1 N–H and O–H groups in total. The molecule has 2 amide bonds. The fourth-order valence-corrected chi connectivity index (χ4v) is 3.69. The summed E-state index contributed by atoms with van der Waals surface area (Å²) in [6.45, 7) is 1.94. The van der Waals surface area contributed by atoms with E-state index in [1.54, 1.807) is 28.8 Å². The van der Waals surface area contributed by atoms with E-state index in [1.165, 1.54) is 6.26 Å². The Hall–Kier alpha value is -2.21. The number of nitrogens with zero attached hydrogens (tertiary/aromatic N) is 1. The second-order valence-electron chi connectivity index (χ2n) is 5.41. The number of hydrogen-bond donors (Lipinski definition) is 1. The van der Waals surface area contributed by atoms with E-state index < -0.39 is 6.04 Å². The number of amides is 2. The number of carbonyl (C=O) groups is 2. The second-order valence-corrected chi connectivity index (χ2v) is 6.41. The van der Waals surface area contributed by atoms with Crippen molar-refractivity contribution >= 4 is 23.6 Å². The van der Waals surface area contributed by atoms with Crippen LogP contribution in [0, 0.1) is 0 Å². The van der Waals surface area contributed by atoms with Crippen LogP contribution in [0.25, 0.3) is 0 Å². The Morgan fingerprint density at radius 3 is 2.74 bits per heavy atom. The summed E-state index contributed by atoms with van der Waals surface area (Å²) in [6, 6.07) is 12.5. The number of thioether (sulfide) groups is 1. The molecule has 1 aliphatic heterocycles. The second kappa shape index (κ2) is 6.91. The summed E-state index contributed by atoms with van der Waals surface area (Å²) in [6.07, 6.45) is 1.46. The van der Waals surface area contributed by atoms with E-state index in [1.807, 2.05) is 37.3 Å². The lowest BCUT2D eigenvalue weighted by Crippen LogP contribution is -2.47. The normalized spacial score (nSPS) is 18.7. The van der Waals surface area contributed by atoms with Gasteiger partial charge < -0.3 is 14.6 Å². The van der Waals surface area contributed by atoms with Gasteiger partial charge in [0.05, 0.1) is 18.2 Å². The summed E-state index contributed by atoms with van der Waals surface area (Å²) in [5, 5.41) is 2.99. The van der Waals surface area contributed by atoms with Gasteiger partial charge in [0.1, 0.15) is 6.04 Å². The quantitative estimate of drug-likeness (QED) is 0.936. The Morgan fingerprint density at radius 2 is 2.04 bits per heavy atom. The van der Waals surface area contributed by atoms with E-state index in [9.17, 15) is 9.59 Å². The fourth-order valence-electron chi connectivity index (χ4n) is 2.54. The monoisotopic (exact) mass is 330 g/mol. The van der Waals surface area contributed by atoms with Gasteiger partial charge in [0.25, 0.3) is 5.91 Å². The molecule has 1 aromatic heterocycles. The van der Waals surface area contributed by atoms with Gasteiger partial charge in [0.15, 0.2) is 5.76 Å². The maximum absolute atomic E-state index is 12.6. The molecular formula is C17H18N2O3S. The van der Waals surface area contributed by atoms with Crippen molar-refractivity contribution in [1.82, 2.24) is 10.2 Å². The van der Waals surface area contributed by atoms with Crippen LogP contribution in [-0.2, 0) is 4.79 Å². The third kappa shape index (κ3) is 3.42. The van der Waals surface area contributed by atoms with Gasteiger partial charge in [-0.2, -0.15) is 0 Å². The van der Waals surface area contributed by atoms with Crippen LogP contribution in [0.2, 0.25) is 0 Å². The zero-order valence-electron chi connectivity index (χ0n) is 12.8. The Morgan fingerprint density at radius 1 is 1.26 bits per heavy atom. The molecule has 2 unspecified atom stereocenters. The van der Waals surface area contributed by atoms with Gasteiger partial charge in [-0.1, -0.05) is 30.3 Å². The van der Waals surface area contributed by atoms with Crippen molar-refractivity contribution < 1.29 is 14.0 Å². The van der Waals surface area contributed by atoms with E-state index in [-0.39, 0.29) is 23.6 Å². The molecule has 120 valence electrons. The van der Waals surface area contributed by atoms with Gasteiger partial charge in [0, 0.05) is 5.75 Å². The van der Waals surface area contributed by atoms with E-state index in [0.29, 0.717) is 11.6 Å². The van der Waals surface area contributed by atoms with Crippen molar-refractivity contribution in [3.05, 3.63) is 60.1 Å². The van der Waals surface area contributed by atoms with Crippen LogP contribution < -0.4 is 5.32 Å². The lowest BCUT2D eigenvalue weighted by Gasteiger charge is -2.24. The molecule has 0 aliphatic carbocycles. The summed E-state index contributed by atoms with van der Waals surface area (Å²) in [4.78, 5) is 26.5. The molecule has 2 atom stereocenters. The minimum absolute atomic E-state index is 0.102. The van der Waals surface area contributed by atoms with Crippen LogP contribution in [-0.4, -0.2) is 34.4 Å². The lowest BCUT2D eigenvalue weighted by atomic mass is 10.1. The van der Waals surface area contributed by atoms with Crippen LogP contribution in [0.4, 0.5) is 0 Å². The van der Waals surface area contributed by atoms with Crippen molar-refractivity contribution in [2.75, 3.05) is 11.6 Å². The maximum atomic E-state index is 12.6. The van der Waals surface area contributed by atoms with Gasteiger partial charge in [-0.15, -0.1) is 11.8 Å². The minimum atomic E-state index is -0.469. The fraction of sp³-hybridized carbons (Fsp3) is 0.294. The van der Waals surface area contributed by atoms with E-state index in [2.05, 4.69) is 5.32 Å². The zero-order valence-corrected chi connectivity index (χ0v) is 13.6. The van der Waals surface area contributed by atoms with Gasteiger partial charge in [0.2, 0.25) is 5.91 Å². The van der Waals surface area contributed by atoms with Gasteiger partial charge in [-0.3, -0.25) is 9.59 Å². The van der Waals surface area contributed by atoms with Gasteiger partial charge in [-0.25, -0.2) is 0 Å². The number of benzene rings is 1. The number of nitrogens with one attached hydrogen (secondary N) is 1. The molecule has 3 rings (SSSR count). The molecule has 23 heavy (non-hydrogen) atoms. The highest BCUT2D eigenvalue weighted by atomic mass is 32.2. The molecule has 6 heteroatoms. The molecule has 1 saturated heterocycles. The number of rotatable bonds is 4. The van der Waals surface area contributed by atoms with E-state index >= 15 is 0 Å². The van der Waals surface area contributed by atoms with E-state index in [4.69, 9.17) is 4.42 Å². The molecule has 1 fully saturated rings. The topological polar surface area (TPSA) is 62.6 Å². The summed E-state index contributed by atoms with van der Waals surface area (Å²) < 4.78 is 5.15. The molecular weight excluding hydrogens is 312 g/mol. The predicted molar refractivity (Wildman–Crippen MR) is 89.0 cm³/mol.